The Morgan fingerprint density at radius 1 is 0.800 bits per heavy atom. The fourth-order valence-electron chi connectivity index (χ4n) is 2.00. The van der Waals surface area contributed by atoms with E-state index in [1.165, 1.54) is 0 Å². The Kier molecular flexibility index (Phi) is 3.29. The van der Waals surface area contributed by atoms with Gasteiger partial charge in [-0.15, -0.1) is 0 Å². The van der Waals surface area contributed by atoms with Crippen LogP contribution in [0.1, 0.15) is 0 Å². The van der Waals surface area contributed by atoms with Crippen LogP contribution in [0, 0.1) is 0 Å². The number of amides is 2. The summed E-state index contributed by atoms with van der Waals surface area (Å²) in [6.45, 7) is 0. The van der Waals surface area contributed by atoms with Crippen LogP contribution in [-0.4, -0.2) is 11.0 Å². The Balaban J connectivity index is 1.74. The molecule has 0 atom stereocenters. The second kappa shape index (κ2) is 5.40. The van der Waals surface area contributed by atoms with Gasteiger partial charge in [0, 0.05) is 23.8 Å². The highest BCUT2D eigenvalue weighted by Gasteiger charge is 2.03. The van der Waals surface area contributed by atoms with Crippen molar-refractivity contribution in [2.24, 2.45) is 0 Å². The number of nitrogens with one attached hydrogen (secondary N) is 2. The summed E-state index contributed by atoms with van der Waals surface area (Å²) in [4.78, 5) is 15.8. The van der Waals surface area contributed by atoms with Crippen LogP contribution in [0.25, 0.3) is 10.8 Å². The van der Waals surface area contributed by atoms with E-state index in [1.807, 2.05) is 42.5 Å². The highest BCUT2D eigenvalue weighted by Crippen LogP contribution is 2.19. The number of benzene rings is 2. The molecule has 0 saturated heterocycles. The van der Waals surface area contributed by atoms with Gasteiger partial charge in [0.2, 0.25) is 0 Å². The van der Waals surface area contributed by atoms with E-state index in [9.17, 15) is 4.79 Å². The number of nitrogens with zero attached hydrogens (tertiary/aromatic N) is 1. The summed E-state index contributed by atoms with van der Waals surface area (Å²) >= 11 is 0. The number of pyridine rings is 1. The second-order valence-corrected chi connectivity index (χ2v) is 4.38. The molecule has 1 heterocycles. The fraction of sp³-hybridized carbons (Fsp3) is 0. The molecule has 3 aromatic rings. The van der Waals surface area contributed by atoms with Gasteiger partial charge >= 0.3 is 6.03 Å². The lowest BCUT2D eigenvalue weighted by molar-refractivity contribution is 0.262. The molecule has 20 heavy (non-hydrogen) atoms. The van der Waals surface area contributed by atoms with Crippen molar-refractivity contribution >= 4 is 28.2 Å². The molecule has 0 saturated carbocycles. The van der Waals surface area contributed by atoms with Crippen molar-refractivity contribution < 1.29 is 4.79 Å². The summed E-state index contributed by atoms with van der Waals surface area (Å²) in [5.74, 6) is 0. The maximum absolute atomic E-state index is 11.9. The van der Waals surface area contributed by atoms with Crippen molar-refractivity contribution in [2.45, 2.75) is 0 Å². The van der Waals surface area contributed by atoms with E-state index in [1.54, 1.807) is 24.5 Å². The van der Waals surface area contributed by atoms with E-state index in [0.717, 1.165) is 16.5 Å². The predicted octanol–water partition coefficient (Wildman–Crippen LogP) is 3.88. The van der Waals surface area contributed by atoms with Gasteiger partial charge in [-0.25, -0.2) is 4.79 Å². The number of rotatable bonds is 2. The first-order valence-electron chi connectivity index (χ1n) is 6.28. The van der Waals surface area contributed by atoms with E-state index in [-0.39, 0.29) is 6.03 Å². The lowest BCUT2D eigenvalue weighted by Gasteiger charge is -2.08. The van der Waals surface area contributed by atoms with Crippen molar-refractivity contribution in [3.63, 3.8) is 0 Å². The molecule has 4 heteroatoms. The van der Waals surface area contributed by atoms with Crippen LogP contribution in [0.2, 0.25) is 0 Å². The monoisotopic (exact) mass is 263 g/mol. The molecule has 0 aliphatic carbocycles. The van der Waals surface area contributed by atoms with Crippen LogP contribution < -0.4 is 10.6 Å². The minimum Gasteiger partial charge on any atom is -0.308 e. The van der Waals surface area contributed by atoms with E-state index < -0.39 is 0 Å². The zero-order chi connectivity index (χ0) is 13.8. The molecule has 0 aliphatic heterocycles. The predicted molar refractivity (Wildman–Crippen MR) is 80.8 cm³/mol. The van der Waals surface area contributed by atoms with Gasteiger partial charge in [-0.2, -0.15) is 0 Å². The minimum absolute atomic E-state index is 0.272. The molecule has 0 bridgehead atoms. The molecule has 1 aromatic heterocycles. The summed E-state index contributed by atoms with van der Waals surface area (Å²) in [6.07, 6.45) is 3.26. The van der Waals surface area contributed by atoms with E-state index in [4.69, 9.17) is 0 Å². The SMILES string of the molecule is O=C(Nc1ccncc1)Nc1ccc2ccccc2c1. The van der Waals surface area contributed by atoms with Crippen molar-refractivity contribution in [1.29, 1.82) is 0 Å². The van der Waals surface area contributed by atoms with Gasteiger partial charge in [0.1, 0.15) is 0 Å². The summed E-state index contributed by atoms with van der Waals surface area (Å²) in [6, 6.07) is 17.0. The Bertz CT molecular complexity index is 741. The number of hydrogen-bond acceptors (Lipinski definition) is 2. The van der Waals surface area contributed by atoms with Gasteiger partial charge in [0.05, 0.1) is 0 Å². The smallest absolute Gasteiger partial charge is 0.308 e. The minimum atomic E-state index is -0.272. The lowest BCUT2D eigenvalue weighted by atomic mass is 10.1. The summed E-state index contributed by atoms with van der Waals surface area (Å²) in [5, 5.41) is 7.80. The number of anilines is 2. The van der Waals surface area contributed by atoms with Gasteiger partial charge in [-0.1, -0.05) is 30.3 Å². The molecule has 2 N–H and O–H groups in total. The highest BCUT2D eigenvalue weighted by atomic mass is 16.2. The largest absolute Gasteiger partial charge is 0.323 e. The van der Waals surface area contributed by atoms with E-state index in [0.29, 0.717) is 5.69 Å². The Morgan fingerprint density at radius 2 is 1.50 bits per heavy atom. The zero-order valence-corrected chi connectivity index (χ0v) is 10.7. The van der Waals surface area contributed by atoms with E-state index in [2.05, 4.69) is 15.6 Å². The first-order valence-corrected chi connectivity index (χ1v) is 6.28. The number of urea groups is 1. The van der Waals surface area contributed by atoms with Gasteiger partial charge in [-0.3, -0.25) is 4.98 Å². The topological polar surface area (TPSA) is 54.0 Å². The molecule has 4 nitrogen and oxygen atoms in total. The first-order chi connectivity index (χ1) is 9.81. The molecule has 0 unspecified atom stereocenters. The van der Waals surface area contributed by atoms with Crippen molar-refractivity contribution in [3.05, 3.63) is 67.0 Å². The van der Waals surface area contributed by atoms with Crippen molar-refractivity contribution in [2.75, 3.05) is 10.6 Å². The summed E-state index contributed by atoms with van der Waals surface area (Å²) in [5.41, 5.74) is 1.47. The van der Waals surface area contributed by atoms with Gasteiger partial charge < -0.3 is 10.6 Å². The first kappa shape index (κ1) is 12.2. The van der Waals surface area contributed by atoms with Crippen LogP contribution in [0.5, 0.6) is 0 Å². The van der Waals surface area contributed by atoms with Crippen molar-refractivity contribution in [3.8, 4) is 0 Å². The van der Waals surface area contributed by atoms with Gasteiger partial charge in [0.25, 0.3) is 0 Å². The third kappa shape index (κ3) is 2.75. The molecule has 2 aromatic carbocycles. The molecule has 0 fully saturated rings. The fourth-order valence-corrected chi connectivity index (χ4v) is 2.00. The Labute approximate surface area is 116 Å². The van der Waals surface area contributed by atoms with E-state index >= 15 is 0 Å². The molecule has 0 radical (unpaired) electrons. The number of fused-ring (bicyclic) bond motifs is 1. The molecular weight excluding hydrogens is 250 g/mol. The molecule has 0 aliphatic rings. The average Bonchev–Trinajstić information content (AvgIpc) is 2.48. The summed E-state index contributed by atoms with van der Waals surface area (Å²) < 4.78 is 0. The Morgan fingerprint density at radius 3 is 2.30 bits per heavy atom. The zero-order valence-electron chi connectivity index (χ0n) is 10.7. The molecule has 98 valence electrons. The second-order valence-electron chi connectivity index (χ2n) is 4.38. The lowest BCUT2D eigenvalue weighted by Crippen LogP contribution is -2.19. The van der Waals surface area contributed by atoms with Crippen LogP contribution in [0.4, 0.5) is 16.2 Å². The average molecular weight is 263 g/mol. The maximum atomic E-state index is 11.9. The number of aromatic nitrogens is 1. The standard InChI is InChI=1S/C16H13N3O/c20-16(18-14-7-9-17-10-8-14)19-15-6-5-12-3-1-2-4-13(12)11-15/h1-11H,(H2,17,18,19,20). The van der Waals surface area contributed by atoms with Crippen LogP contribution in [-0.2, 0) is 0 Å². The third-order valence-electron chi connectivity index (χ3n) is 2.95. The van der Waals surface area contributed by atoms with Gasteiger partial charge in [0.15, 0.2) is 0 Å². The van der Waals surface area contributed by atoms with Crippen LogP contribution in [0.3, 0.4) is 0 Å². The number of carbonyl (C=O) groups excluding carboxylic acids is 1. The van der Waals surface area contributed by atoms with Crippen molar-refractivity contribution in [1.82, 2.24) is 4.98 Å². The highest BCUT2D eigenvalue weighted by molar-refractivity contribution is 6.01. The van der Waals surface area contributed by atoms with Gasteiger partial charge in [-0.05, 0) is 35.0 Å². The van der Waals surface area contributed by atoms with Crippen LogP contribution >= 0.6 is 0 Å². The van der Waals surface area contributed by atoms with Crippen LogP contribution in [0.15, 0.2) is 67.0 Å². The molecule has 2 amide bonds. The quantitative estimate of drug-likeness (QED) is 0.737. The normalized spacial score (nSPS) is 10.2. The number of carbonyl (C=O) groups is 1. The molecular formula is C16H13N3O. The molecule has 0 spiro atoms. The maximum Gasteiger partial charge on any atom is 0.323 e. The number of hydrogen-bond donors (Lipinski definition) is 2. The molecule has 3 rings (SSSR count). The Hall–Kier alpha value is -2.88. The third-order valence-corrected chi connectivity index (χ3v) is 2.95. The summed E-state index contributed by atoms with van der Waals surface area (Å²) in [7, 11) is 0.